The summed E-state index contributed by atoms with van der Waals surface area (Å²) in [6.45, 7) is 6.09. The Morgan fingerprint density at radius 3 is 2.45 bits per heavy atom. The fraction of sp³-hybridized carbons (Fsp3) is 0.348. The topological polar surface area (TPSA) is 62.3 Å². The molecule has 0 bridgehead atoms. The van der Waals surface area contributed by atoms with Crippen LogP contribution in [0.4, 0.5) is 5.69 Å². The van der Waals surface area contributed by atoms with Crippen molar-refractivity contribution in [2.45, 2.75) is 52.1 Å². The Bertz CT molecular complexity index is 1050. The van der Waals surface area contributed by atoms with E-state index in [2.05, 4.69) is 24.4 Å². The number of hydrogen-bond donors (Lipinski definition) is 1. The van der Waals surface area contributed by atoms with Gasteiger partial charge in [0.1, 0.15) is 5.01 Å². The van der Waals surface area contributed by atoms with E-state index in [4.69, 9.17) is 4.98 Å². The van der Waals surface area contributed by atoms with Crippen LogP contribution in [-0.4, -0.2) is 33.8 Å². The number of piperidine rings is 1. The number of amides is 2. The predicted molar refractivity (Wildman–Crippen MR) is 118 cm³/mol. The van der Waals surface area contributed by atoms with Crippen molar-refractivity contribution >= 4 is 39.1 Å². The van der Waals surface area contributed by atoms with Crippen LogP contribution in [0, 0.1) is 6.92 Å². The first-order chi connectivity index (χ1) is 13.9. The summed E-state index contributed by atoms with van der Waals surface area (Å²) < 4.78 is 1.16. The summed E-state index contributed by atoms with van der Waals surface area (Å²) in [7, 11) is 0. The van der Waals surface area contributed by atoms with Crippen molar-refractivity contribution in [3.63, 3.8) is 0 Å². The van der Waals surface area contributed by atoms with Crippen molar-refractivity contribution in [1.82, 2.24) is 9.88 Å². The average molecular weight is 408 g/mol. The van der Waals surface area contributed by atoms with Gasteiger partial charge < -0.3 is 10.2 Å². The third-order valence-corrected chi connectivity index (χ3v) is 6.62. The minimum Gasteiger partial charge on any atom is -0.329 e. The molecule has 6 heteroatoms. The zero-order valence-electron chi connectivity index (χ0n) is 16.9. The molecule has 1 fully saturated rings. The lowest BCUT2D eigenvalue weighted by molar-refractivity contribution is -0.147. The highest BCUT2D eigenvalue weighted by Crippen LogP contribution is 2.31. The van der Waals surface area contributed by atoms with E-state index in [0.717, 1.165) is 40.1 Å². The van der Waals surface area contributed by atoms with E-state index in [1.807, 2.05) is 44.2 Å². The van der Waals surface area contributed by atoms with Crippen LogP contribution < -0.4 is 5.32 Å². The first-order valence-corrected chi connectivity index (χ1v) is 10.9. The molecule has 0 radical (unpaired) electrons. The molecule has 0 spiro atoms. The molecule has 2 amide bonds. The summed E-state index contributed by atoms with van der Waals surface area (Å²) in [5.74, 6) is -1.02. The highest BCUT2D eigenvalue weighted by molar-refractivity contribution is 7.21. The van der Waals surface area contributed by atoms with Gasteiger partial charge in [0, 0.05) is 23.3 Å². The second-order valence-corrected chi connectivity index (χ2v) is 8.89. The molecule has 2 aromatic carbocycles. The van der Waals surface area contributed by atoms with E-state index >= 15 is 0 Å². The lowest BCUT2D eigenvalue weighted by Crippen LogP contribution is -2.51. The lowest BCUT2D eigenvalue weighted by atomic mass is 9.97. The van der Waals surface area contributed by atoms with Crippen LogP contribution in [0.1, 0.15) is 38.7 Å². The predicted octanol–water partition coefficient (Wildman–Crippen LogP) is 5.00. The number of benzene rings is 2. The summed E-state index contributed by atoms with van der Waals surface area (Å²) in [5.41, 5.74) is 3.81. The van der Waals surface area contributed by atoms with Crippen LogP contribution in [0.2, 0.25) is 0 Å². The number of nitrogens with one attached hydrogen (secondary N) is 1. The fourth-order valence-corrected chi connectivity index (χ4v) is 5.04. The number of carbonyl (C=O) groups excluding carboxylic acids is 2. The molecular weight excluding hydrogens is 382 g/mol. The maximum atomic E-state index is 12.6. The first-order valence-electron chi connectivity index (χ1n) is 10.0. The van der Waals surface area contributed by atoms with Gasteiger partial charge in [-0.1, -0.05) is 6.07 Å². The molecule has 5 nitrogen and oxygen atoms in total. The Labute approximate surface area is 174 Å². The number of anilines is 1. The Morgan fingerprint density at radius 1 is 1.07 bits per heavy atom. The summed E-state index contributed by atoms with van der Waals surface area (Å²) >= 11 is 1.65. The number of aromatic nitrogens is 1. The molecule has 2 atom stereocenters. The maximum Gasteiger partial charge on any atom is 0.313 e. The van der Waals surface area contributed by atoms with Crippen molar-refractivity contribution in [1.29, 1.82) is 0 Å². The van der Waals surface area contributed by atoms with Crippen LogP contribution in [0.3, 0.4) is 0 Å². The van der Waals surface area contributed by atoms with Gasteiger partial charge >= 0.3 is 11.8 Å². The average Bonchev–Trinajstić information content (AvgIpc) is 3.11. The van der Waals surface area contributed by atoms with Gasteiger partial charge in [-0.25, -0.2) is 4.98 Å². The molecule has 1 aliphatic rings. The number of thiazole rings is 1. The summed E-state index contributed by atoms with van der Waals surface area (Å²) in [6.07, 6.45) is 2.99. The van der Waals surface area contributed by atoms with Crippen LogP contribution in [0.15, 0.2) is 42.5 Å². The smallest absolute Gasteiger partial charge is 0.313 e. The molecule has 150 valence electrons. The SMILES string of the molecule is Cc1ccc2nc(-c3ccc(NC(=O)C(=O)N4C(C)CCCC4C)cc3)sc2c1. The second-order valence-electron chi connectivity index (χ2n) is 7.86. The van der Waals surface area contributed by atoms with E-state index < -0.39 is 11.8 Å². The second kappa shape index (κ2) is 7.95. The third kappa shape index (κ3) is 4.03. The van der Waals surface area contributed by atoms with Crippen molar-refractivity contribution < 1.29 is 9.59 Å². The molecule has 0 saturated carbocycles. The number of rotatable bonds is 2. The van der Waals surface area contributed by atoms with Gasteiger partial charge in [-0.3, -0.25) is 9.59 Å². The monoisotopic (exact) mass is 407 g/mol. The largest absolute Gasteiger partial charge is 0.329 e. The molecule has 4 rings (SSSR count). The van der Waals surface area contributed by atoms with Crippen molar-refractivity contribution in [2.75, 3.05) is 5.32 Å². The van der Waals surface area contributed by atoms with Gasteiger partial charge in [-0.05, 0) is 82.0 Å². The summed E-state index contributed by atoms with van der Waals surface area (Å²) in [6, 6.07) is 13.9. The van der Waals surface area contributed by atoms with Gasteiger partial charge in [0.05, 0.1) is 10.2 Å². The minimum atomic E-state index is -0.575. The zero-order chi connectivity index (χ0) is 20.5. The molecule has 1 N–H and O–H groups in total. The molecule has 29 heavy (non-hydrogen) atoms. The van der Waals surface area contributed by atoms with Gasteiger partial charge in [0.15, 0.2) is 0 Å². The van der Waals surface area contributed by atoms with E-state index in [-0.39, 0.29) is 12.1 Å². The van der Waals surface area contributed by atoms with Gasteiger partial charge in [0.2, 0.25) is 0 Å². The lowest BCUT2D eigenvalue weighted by Gasteiger charge is -2.38. The number of hydrogen-bond acceptors (Lipinski definition) is 4. The Morgan fingerprint density at radius 2 is 1.76 bits per heavy atom. The van der Waals surface area contributed by atoms with Crippen LogP contribution in [-0.2, 0) is 9.59 Å². The van der Waals surface area contributed by atoms with Crippen molar-refractivity contribution in [3.05, 3.63) is 48.0 Å². The van der Waals surface area contributed by atoms with E-state index in [1.165, 1.54) is 5.56 Å². The molecule has 2 unspecified atom stereocenters. The van der Waals surface area contributed by atoms with Gasteiger partial charge in [0.25, 0.3) is 0 Å². The van der Waals surface area contributed by atoms with Crippen LogP contribution in [0.5, 0.6) is 0 Å². The van der Waals surface area contributed by atoms with Gasteiger partial charge in [-0.2, -0.15) is 0 Å². The summed E-state index contributed by atoms with van der Waals surface area (Å²) in [5, 5.41) is 3.69. The Kier molecular flexibility index (Phi) is 5.37. The first kappa shape index (κ1) is 19.6. The third-order valence-electron chi connectivity index (χ3n) is 5.56. The molecule has 0 aliphatic carbocycles. The Balaban J connectivity index is 1.47. The molecular formula is C23H25N3O2S. The number of aryl methyl sites for hydroxylation is 1. The van der Waals surface area contributed by atoms with E-state index in [0.29, 0.717) is 5.69 Å². The normalized spacial score (nSPS) is 19.3. The Hall–Kier alpha value is -2.73. The zero-order valence-corrected chi connectivity index (χ0v) is 17.8. The van der Waals surface area contributed by atoms with Crippen molar-refractivity contribution in [2.24, 2.45) is 0 Å². The van der Waals surface area contributed by atoms with Crippen molar-refractivity contribution in [3.8, 4) is 10.6 Å². The minimum absolute atomic E-state index is 0.0991. The molecule has 1 saturated heterocycles. The summed E-state index contributed by atoms with van der Waals surface area (Å²) in [4.78, 5) is 31.5. The molecule has 3 aromatic rings. The fourth-order valence-electron chi connectivity index (χ4n) is 3.97. The standard InChI is InChI=1S/C23H25N3O2S/c1-14-7-12-19-20(13-14)29-22(25-19)17-8-10-18(11-9-17)24-21(27)23(28)26-15(2)5-4-6-16(26)3/h7-13,15-16H,4-6H2,1-3H3,(H,24,27). The number of fused-ring (bicyclic) bond motifs is 1. The number of likely N-dealkylation sites (tertiary alicyclic amines) is 1. The molecule has 1 aliphatic heterocycles. The van der Waals surface area contributed by atoms with E-state index in [9.17, 15) is 9.59 Å². The van der Waals surface area contributed by atoms with Crippen LogP contribution in [0.25, 0.3) is 20.8 Å². The highest BCUT2D eigenvalue weighted by Gasteiger charge is 2.32. The van der Waals surface area contributed by atoms with E-state index in [1.54, 1.807) is 16.2 Å². The molecule has 2 heterocycles. The number of carbonyl (C=O) groups is 2. The highest BCUT2D eigenvalue weighted by atomic mass is 32.1. The maximum absolute atomic E-state index is 12.6. The quantitative estimate of drug-likeness (QED) is 0.608. The van der Waals surface area contributed by atoms with Crippen LogP contribution >= 0.6 is 11.3 Å². The molecule has 1 aromatic heterocycles. The van der Waals surface area contributed by atoms with Gasteiger partial charge in [-0.15, -0.1) is 11.3 Å². The number of nitrogens with zero attached hydrogens (tertiary/aromatic N) is 2.